The molecule has 6 heteroatoms. The van der Waals surface area contributed by atoms with Crippen LogP contribution in [0.1, 0.15) is 12.5 Å². The molecule has 0 bridgehead atoms. The lowest BCUT2D eigenvalue weighted by atomic mass is 10.2. The predicted octanol–water partition coefficient (Wildman–Crippen LogP) is 1.17. The average Bonchev–Trinajstić information content (AvgIpc) is 2.87. The average molecular weight is 275 g/mol. The third-order valence-corrected chi connectivity index (χ3v) is 3.65. The van der Waals surface area contributed by atoms with Gasteiger partial charge in [0, 0.05) is 25.8 Å². The summed E-state index contributed by atoms with van der Waals surface area (Å²) in [4.78, 5) is 6.87. The van der Waals surface area contributed by atoms with Crippen molar-refractivity contribution in [3.8, 4) is 0 Å². The predicted molar refractivity (Wildman–Crippen MR) is 78.1 cm³/mol. The van der Waals surface area contributed by atoms with Crippen LogP contribution < -0.4 is 5.32 Å². The normalized spacial score (nSPS) is 20.4. The highest BCUT2D eigenvalue weighted by Gasteiger charge is 2.19. The summed E-state index contributed by atoms with van der Waals surface area (Å²) in [6.45, 7) is 8.85. The van der Waals surface area contributed by atoms with Crippen molar-refractivity contribution < 1.29 is 4.74 Å². The number of ether oxygens (including phenoxy) is 1. The minimum absolute atomic E-state index is 0.206. The van der Waals surface area contributed by atoms with Crippen molar-refractivity contribution in [3.05, 3.63) is 23.9 Å². The van der Waals surface area contributed by atoms with E-state index in [0.717, 1.165) is 38.4 Å². The number of anilines is 1. The molecular formula is C14H21N5O. The Labute approximate surface area is 118 Å². The summed E-state index contributed by atoms with van der Waals surface area (Å²) in [5, 5.41) is 7.68. The number of pyridine rings is 1. The molecule has 1 atom stereocenters. The van der Waals surface area contributed by atoms with Crippen LogP contribution in [0.25, 0.3) is 5.65 Å². The summed E-state index contributed by atoms with van der Waals surface area (Å²) >= 11 is 0. The zero-order chi connectivity index (χ0) is 13.9. The molecule has 0 spiro atoms. The Morgan fingerprint density at radius 1 is 1.50 bits per heavy atom. The number of likely N-dealkylation sites (N-methyl/N-ethyl adjacent to an activating group) is 1. The van der Waals surface area contributed by atoms with Crippen LogP contribution in [0.4, 0.5) is 5.95 Å². The first-order valence-electron chi connectivity index (χ1n) is 7.15. The van der Waals surface area contributed by atoms with Gasteiger partial charge in [0.2, 0.25) is 5.95 Å². The van der Waals surface area contributed by atoms with E-state index >= 15 is 0 Å². The van der Waals surface area contributed by atoms with Gasteiger partial charge >= 0.3 is 0 Å². The van der Waals surface area contributed by atoms with Crippen LogP contribution in [0.3, 0.4) is 0 Å². The standard InChI is InChI=1S/C14H21N5O/c1-3-18-6-7-20-12(10-18)9-15-14-16-13-8-11(2)4-5-19(13)17-14/h4-5,8,12H,3,6-7,9-10H2,1-2H3,(H,15,17). The molecule has 1 N–H and O–H groups in total. The highest BCUT2D eigenvalue weighted by atomic mass is 16.5. The zero-order valence-corrected chi connectivity index (χ0v) is 12.0. The van der Waals surface area contributed by atoms with Gasteiger partial charge in [-0.3, -0.25) is 4.90 Å². The number of hydrogen-bond donors (Lipinski definition) is 1. The van der Waals surface area contributed by atoms with E-state index in [9.17, 15) is 0 Å². The van der Waals surface area contributed by atoms with Crippen LogP contribution in [0, 0.1) is 6.92 Å². The van der Waals surface area contributed by atoms with Gasteiger partial charge in [0.15, 0.2) is 5.65 Å². The number of nitrogens with zero attached hydrogens (tertiary/aromatic N) is 4. The van der Waals surface area contributed by atoms with Crippen LogP contribution in [-0.2, 0) is 4.74 Å². The van der Waals surface area contributed by atoms with E-state index in [-0.39, 0.29) is 6.10 Å². The van der Waals surface area contributed by atoms with Gasteiger partial charge in [0.05, 0.1) is 12.7 Å². The number of fused-ring (bicyclic) bond motifs is 1. The van der Waals surface area contributed by atoms with Crippen LogP contribution in [-0.4, -0.2) is 58.4 Å². The number of morpholine rings is 1. The molecule has 2 aromatic rings. The lowest BCUT2D eigenvalue weighted by Crippen LogP contribution is -2.45. The quantitative estimate of drug-likeness (QED) is 0.908. The maximum atomic E-state index is 5.76. The van der Waals surface area contributed by atoms with Crippen molar-refractivity contribution >= 4 is 11.6 Å². The van der Waals surface area contributed by atoms with E-state index in [0.29, 0.717) is 5.95 Å². The van der Waals surface area contributed by atoms with Crippen molar-refractivity contribution in [3.63, 3.8) is 0 Å². The van der Waals surface area contributed by atoms with Crippen molar-refractivity contribution in [2.24, 2.45) is 0 Å². The molecule has 1 fully saturated rings. The van der Waals surface area contributed by atoms with E-state index in [1.807, 2.05) is 18.3 Å². The molecule has 20 heavy (non-hydrogen) atoms. The first kappa shape index (κ1) is 13.3. The first-order valence-corrected chi connectivity index (χ1v) is 7.15. The Morgan fingerprint density at radius 3 is 3.25 bits per heavy atom. The van der Waals surface area contributed by atoms with Crippen LogP contribution in [0.15, 0.2) is 18.3 Å². The van der Waals surface area contributed by atoms with Crippen LogP contribution in [0.2, 0.25) is 0 Å². The molecule has 0 aliphatic carbocycles. The van der Waals surface area contributed by atoms with E-state index in [1.165, 1.54) is 5.56 Å². The summed E-state index contributed by atoms with van der Waals surface area (Å²) in [6.07, 6.45) is 2.13. The summed E-state index contributed by atoms with van der Waals surface area (Å²) in [5.74, 6) is 0.660. The van der Waals surface area contributed by atoms with Crippen molar-refractivity contribution in [2.45, 2.75) is 20.0 Å². The molecule has 3 heterocycles. The van der Waals surface area contributed by atoms with Gasteiger partial charge in [0.1, 0.15) is 0 Å². The third-order valence-electron chi connectivity index (χ3n) is 3.65. The van der Waals surface area contributed by atoms with Crippen molar-refractivity contribution in [1.29, 1.82) is 0 Å². The molecule has 1 aliphatic rings. The zero-order valence-electron chi connectivity index (χ0n) is 12.0. The number of nitrogens with one attached hydrogen (secondary N) is 1. The van der Waals surface area contributed by atoms with Gasteiger partial charge in [-0.1, -0.05) is 6.92 Å². The maximum absolute atomic E-state index is 5.76. The molecule has 0 amide bonds. The van der Waals surface area contributed by atoms with Crippen LogP contribution >= 0.6 is 0 Å². The largest absolute Gasteiger partial charge is 0.374 e. The Hall–Kier alpha value is -1.66. The fourth-order valence-corrected chi connectivity index (χ4v) is 2.45. The molecule has 0 radical (unpaired) electrons. The molecule has 6 nitrogen and oxygen atoms in total. The molecule has 2 aromatic heterocycles. The maximum Gasteiger partial charge on any atom is 0.243 e. The highest BCUT2D eigenvalue weighted by Crippen LogP contribution is 2.09. The molecule has 1 saturated heterocycles. The molecule has 1 unspecified atom stereocenters. The van der Waals surface area contributed by atoms with E-state index in [1.54, 1.807) is 4.52 Å². The minimum atomic E-state index is 0.206. The van der Waals surface area contributed by atoms with Crippen molar-refractivity contribution in [1.82, 2.24) is 19.5 Å². The number of rotatable bonds is 4. The lowest BCUT2D eigenvalue weighted by molar-refractivity contribution is -0.0192. The van der Waals surface area contributed by atoms with Gasteiger partial charge in [-0.05, 0) is 31.2 Å². The van der Waals surface area contributed by atoms with Gasteiger partial charge < -0.3 is 10.1 Å². The van der Waals surface area contributed by atoms with E-state index < -0.39 is 0 Å². The third kappa shape index (κ3) is 2.91. The van der Waals surface area contributed by atoms with Gasteiger partial charge in [-0.15, -0.1) is 5.10 Å². The lowest BCUT2D eigenvalue weighted by Gasteiger charge is -2.31. The fourth-order valence-electron chi connectivity index (χ4n) is 2.45. The SMILES string of the molecule is CCN1CCOC(CNc2nc3cc(C)ccn3n2)C1. The smallest absolute Gasteiger partial charge is 0.243 e. The summed E-state index contributed by atoms with van der Waals surface area (Å²) in [7, 11) is 0. The topological polar surface area (TPSA) is 54.7 Å². The minimum Gasteiger partial charge on any atom is -0.374 e. The molecule has 108 valence electrons. The van der Waals surface area contributed by atoms with E-state index in [4.69, 9.17) is 4.74 Å². The Morgan fingerprint density at radius 2 is 2.40 bits per heavy atom. The second-order valence-electron chi connectivity index (χ2n) is 5.21. The first-order chi connectivity index (χ1) is 9.74. The van der Waals surface area contributed by atoms with E-state index in [2.05, 4.69) is 34.1 Å². The molecule has 1 aliphatic heterocycles. The molecule has 3 rings (SSSR count). The summed E-state index contributed by atoms with van der Waals surface area (Å²) in [5.41, 5.74) is 2.05. The molecule has 0 saturated carbocycles. The van der Waals surface area contributed by atoms with Gasteiger partial charge in [-0.25, -0.2) is 4.52 Å². The fraction of sp³-hybridized carbons (Fsp3) is 0.571. The number of aromatic nitrogens is 3. The van der Waals surface area contributed by atoms with Crippen molar-refractivity contribution in [2.75, 3.05) is 38.1 Å². The van der Waals surface area contributed by atoms with Gasteiger partial charge in [0.25, 0.3) is 0 Å². The second-order valence-corrected chi connectivity index (χ2v) is 5.21. The summed E-state index contributed by atoms with van der Waals surface area (Å²) in [6, 6.07) is 4.04. The Balaban J connectivity index is 1.62. The summed E-state index contributed by atoms with van der Waals surface area (Å²) < 4.78 is 7.55. The van der Waals surface area contributed by atoms with Crippen LogP contribution in [0.5, 0.6) is 0 Å². The Bertz CT molecular complexity index is 582. The van der Waals surface area contributed by atoms with Gasteiger partial charge in [-0.2, -0.15) is 4.98 Å². The monoisotopic (exact) mass is 275 g/mol. The number of hydrogen-bond acceptors (Lipinski definition) is 5. The number of aryl methyl sites for hydroxylation is 1. The second kappa shape index (κ2) is 5.76. The molecule has 0 aromatic carbocycles. The molecular weight excluding hydrogens is 254 g/mol. The Kier molecular flexibility index (Phi) is 3.84. The highest BCUT2D eigenvalue weighted by molar-refractivity contribution is 5.45.